The number of likely N-dealkylation sites (N-methyl/N-ethyl adjacent to an activating group) is 1. The van der Waals surface area contributed by atoms with Crippen LogP contribution in [-0.2, 0) is 0 Å². The van der Waals surface area contributed by atoms with Crippen molar-refractivity contribution < 1.29 is 4.79 Å². The molecule has 0 aliphatic carbocycles. The number of rotatable bonds is 4. The van der Waals surface area contributed by atoms with E-state index in [0.29, 0.717) is 0 Å². The Hall–Kier alpha value is -1.55. The Morgan fingerprint density at radius 3 is 2.74 bits per heavy atom. The molecule has 0 aromatic heterocycles. The van der Waals surface area contributed by atoms with Gasteiger partial charge in [-0.15, -0.1) is 0 Å². The predicted molar refractivity (Wildman–Crippen MR) is 77.4 cm³/mol. The van der Waals surface area contributed by atoms with E-state index in [1.807, 2.05) is 11.9 Å². The van der Waals surface area contributed by atoms with E-state index in [0.717, 1.165) is 19.6 Å². The molecule has 4 nitrogen and oxygen atoms in total. The number of urea groups is 1. The summed E-state index contributed by atoms with van der Waals surface area (Å²) in [5, 5.41) is 6.15. The number of aryl methyl sites for hydroxylation is 1. The number of carbonyl (C=O) groups is 1. The van der Waals surface area contributed by atoms with Gasteiger partial charge in [0.2, 0.25) is 0 Å². The van der Waals surface area contributed by atoms with Crippen molar-refractivity contribution in [2.24, 2.45) is 0 Å². The van der Waals surface area contributed by atoms with E-state index in [4.69, 9.17) is 0 Å². The molecule has 2 amide bonds. The van der Waals surface area contributed by atoms with E-state index < -0.39 is 0 Å². The lowest BCUT2D eigenvalue weighted by Crippen LogP contribution is -2.33. The van der Waals surface area contributed by atoms with Gasteiger partial charge in [0.25, 0.3) is 0 Å². The van der Waals surface area contributed by atoms with Crippen molar-refractivity contribution in [2.45, 2.75) is 26.8 Å². The topological polar surface area (TPSA) is 44.4 Å². The van der Waals surface area contributed by atoms with Crippen molar-refractivity contribution in [1.82, 2.24) is 15.5 Å². The van der Waals surface area contributed by atoms with Crippen LogP contribution in [0.15, 0.2) is 12.1 Å². The van der Waals surface area contributed by atoms with Crippen molar-refractivity contribution in [3.05, 3.63) is 34.4 Å². The maximum Gasteiger partial charge on any atom is 0.318 e. The van der Waals surface area contributed by atoms with Crippen LogP contribution >= 0.6 is 0 Å². The Balaban J connectivity index is 2.16. The lowest BCUT2D eigenvalue weighted by Gasteiger charge is -2.17. The number of nitrogens with zero attached hydrogens (tertiary/aromatic N) is 1. The van der Waals surface area contributed by atoms with E-state index in [1.54, 1.807) is 0 Å². The zero-order valence-electron chi connectivity index (χ0n) is 12.2. The molecular formula is C15H23N3O. The lowest BCUT2D eigenvalue weighted by molar-refractivity contribution is 0.218. The monoisotopic (exact) mass is 261 g/mol. The first-order valence-electron chi connectivity index (χ1n) is 6.81. The number of amides is 2. The Morgan fingerprint density at radius 2 is 2.05 bits per heavy atom. The van der Waals surface area contributed by atoms with Gasteiger partial charge in [-0.1, -0.05) is 12.1 Å². The van der Waals surface area contributed by atoms with Crippen molar-refractivity contribution in [3.8, 4) is 0 Å². The summed E-state index contributed by atoms with van der Waals surface area (Å²) < 4.78 is 0. The van der Waals surface area contributed by atoms with Crippen LogP contribution < -0.4 is 10.6 Å². The fourth-order valence-corrected chi connectivity index (χ4v) is 2.56. The Labute approximate surface area is 115 Å². The largest absolute Gasteiger partial charge is 0.329 e. The van der Waals surface area contributed by atoms with Gasteiger partial charge in [-0.05, 0) is 50.1 Å². The van der Waals surface area contributed by atoms with Gasteiger partial charge in [-0.25, -0.2) is 4.79 Å². The predicted octanol–water partition coefficient (Wildman–Crippen LogP) is 1.90. The van der Waals surface area contributed by atoms with Crippen LogP contribution in [0, 0.1) is 20.8 Å². The van der Waals surface area contributed by atoms with Crippen LogP contribution in [0.25, 0.3) is 0 Å². The average Bonchev–Trinajstić information content (AvgIpc) is 2.75. The molecule has 1 atom stereocenters. The van der Waals surface area contributed by atoms with Gasteiger partial charge >= 0.3 is 6.03 Å². The summed E-state index contributed by atoms with van der Waals surface area (Å²) in [6, 6.07) is 4.44. The molecule has 1 saturated heterocycles. The zero-order valence-corrected chi connectivity index (χ0v) is 12.2. The summed E-state index contributed by atoms with van der Waals surface area (Å²) in [5.41, 5.74) is 5.15. The highest BCUT2D eigenvalue weighted by Crippen LogP contribution is 2.26. The quantitative estimate of drug-likeness (QED) is 0.869. The van der Waals surface area contributed by atoms with E-state index in [-0.39, 0.29) is 12.1 Å². The second kappa shape index (κ2) is 5.61. The first-order valence-corrected chi connectivity index (χ1v) is 6.81. The molecule has 1 aliphatic rings. The summed E-state index contributed by atoms with van der Waals surface area (Å²) in [6.45, 7) is 8.74. The molecule has 1 aliphatic heterocycles. The van der Waals surface area contributed by atoms with Gasteiger partial charge < -0.3 is 15.5 Å². The molecule has 4 heteroatoms. The third kappa shape index (κ3) is 2.73. The molecular weight excluding hydrogens is 238 g/mol. The van der Waals surface area contributed by atoms with Gasteiger partial charge in [0.15, 0.2) is 0 Å². The summed E-state index contributed by atoms with van der Waals surface area (Å²) in [6.07, 6.45) is 0. The first kappa shape index (κ1) is 13.9. The standard InChI is InChI=1S/C15H23N3O/c1-10-5-6-13(12(3)11(10)2)14-9-18(8-7-16-4)15(19)17-14/h5-6,14,16H,7-9H2,1-4H3,(H,17,19). The fourth-order valence-electron chi connectivity index (χ4n) is 2.56. The average molecular weight is 261 g/mol. The van der Waals surface area contributed by atoms with Crippen LogP contribution in [0.3, 0.4) is 0 Å². The molecule has 2 N–H and O–H groups in total. The third-order valence-electron chi connectivity index (χ3n) is 4.09. The smallest absolute Gasteiger partial charge is 0.318 e. The maximum atomic E-state index is 11.9. The Bertz CT molecular complexity index is 485. The fraction of sp³-hybridized carbons (Fsp3) is 0.533. The highest BCUT2D eigenvalue weighted by atomic mass is 16.2. The Morgan fingerprint density at radius 1 is 1.32 bits per heavy atom. The van der Waals surface area contributed by atoms with Crippen LogP contribution in [0.2, 0.25) is 0 Å². The molecule has 0 radical (unpaired) electrons. The molecule has 1 heterocycles. The minimum absolute atomic E-state index is 0.0397. The van der Waals surface area contributed by atoms with Crippen molar-refractivity contribution in [3.63, 3.8) is 0 Å². The molecule has 0 bridgehead atoms. The first-order chi connectivity index (χ1) is 9.04. The van der Waals surface area contributed by atoms with Gasteiger partial charge in [0.05, 0.1) is 6.04 Å². The van der Waals surface area contributed by atoms with Crippen molar-refractivity contribution in [2.75, 3.05) is 26.7 Å². The van der Waals surface area contributed by atoms with E-state index in [9.17, 15) is 4.79 Å². The summed E-state index contributed by atoms with van der Waals surface area (Å²) in [4.78, 5) is 13.8. The summed E-state index contributed by atoms with van der Waals surface area (Å²) in [5.74, 6) is 0. The van der Waals surface area contributed by atoms with E-state index in [2.05, 4.69) is 43.5 Å². The molecule has 19 heavy (non-hydrogen) atoms. The number of hydrogen-bond donors (Lipinski definition) is 2. The van der Waals surface area contributed by atoms with Crippen molar-refractivity contribution in [1.29, 1.82) is 0 Å². The number of nitrogens with one attached hydrogen (secondary N) is 2. The van der Waals surface area contributed by atoms with Crippen LogP contribution in [0.1, 0.15) is 28.3 Å². The van der Waals surface area contributed by atoms with Gasteiger partial charge in [0.1, 0.15) is 0 Å². The van der Waals surface area contributed by atoms with Crippen LogP contribution in [0.5, 0.6) is 0 Å². The normalized spacial score (nSPS) is 18.8. The van der Waals surface area contributed by atoms with Crippen LogP contribution in [0.4, 0.5) is 4.79 Å². The Kier molecular flexibility index (Phi) is 4.10. The number of carbonyl (C=O) groups excluding carboxylic acids is 1. The number of benzene rings is 1. The minimum atomic E-state index is 0.0397. The van der Waals surface area contributed by atoms with Gasteiger partial charge in [0, 0.05) is 19.6 Å². The minimum Gasteiger partial charge on any atom is -0.329 e. The summed E-state index contributed by atoms with van der Waals surface area (Å²) in [7, 11) is 1.90. The molecule has 1 aromatic rings. The second-order valence-electron chi connectivity index (χ2n) is 5.27. The molecule has 0 spiro atoms. The molecule has 1 unspecified atom stereocenters. The van der Waals surface area contributed by atoms with E-state index >= 15 is 0 Å². The molecule has 2 rings (SSSR count). The van der Waals surface area contributed by atoms with Gasteiger partial charge in [-0.2, -0.15) is 0 Å². The van der Waals surface area contributed by atoms with Crippen molar-refractivity contribution >= 4 is 6.03 Å². The highest BCUT2D eigenvalue weighted by Gasteiger charge is 2.30. The molecule has 104 valence electrons. The maximum absolute atomic E-state index is 11.9. The molecule has 1 aromatic carbocycles. The molecule has 0 saturated carbocycles. The molecule has 1 fully saturated rings. The lowest BCUT2D eigenvalue weighted by atomic mass is 9.94. The van der Waals surface area contributed by atoms with Crippen LogP contribution in [-0.4, -0.2) is 37.6 Å². The SMILES string of the molecule is CNCCN1CC(c2ccc(C)c(C)c2C)NC1=O. The second-order valence-corrected chi connectivity index (χ2v) is 5.27. The van der Waals surface area contributed by atoms with Gasteiger partial charge in [-0.3, -0.25) is 0 Å². The zero-order chi connectivity index (χ0) is 14.0. The third-order valence-corrected chi connectivity index (χ3v) is 4.09. The summed E-state index contributed by atoms with van der Waals surface area (Å²) >= 11 is 0. The van der Waals surface area contributed by atoms with E-state index in [1.165, 1.54) is 22.3 Å². The highest BCUT2D eigenvalue weighted by molar-refractivity contribution is 5.77. The number of hydrogen-bond acceptors (Lipinski definition) is 2.